The lowest BCUT2D eigenvalue weighted by Crippen LogP contribution is -2.45. The van der Waals surface area contributed by atoms with Crippen molar-refractivity contribution in [2.24, 2.45) is 17.0 Å². The summed E-state index contributed by atoms with van der Waals surface area (Å²) >= 11 is 11.2. The molecule has 3 rings (SSSR count). The number of aryl methyl sites for hydroxylation is 1. The molecule has 2 N–H and O–H groups in total. The molecule has 0 aromatic carbocycles. The molecule has 1 aliphatic heterocycles. The summed E-state index contributed by atoms with van der Waals surface area (Å²) in [5.41, 5.74) is 1.16. The van der Waals surface area contributed by atoms with Crippen LogP contribution in [0.1, 0.15) is 65.5 Å². The highest BCUT2D eigenvalue weighted by Crippen LogP contribution is 2.36. The van der Waals surface area contributed by atoms with Gasteiger partial charge in [-0.1, -0.05) is 35.3 Å². The molecule has 2 aliphatic rings. The van der Waals surface area contributed by atoms with E-state index in [1.54, 1.807) is 33.8 Å². The quantitative estimate of drug-likeness (QED) is 0.288. The van der Waals surface area contributed by atoms with Crippen molar-refractivity contribution >= 4 is 34.7 Å². The van der Waals surface area contributed by atoms with Gasteiger partial charge in [0.25, 0.3) is 5.56 Å². The van der Waals surface area contributed by atoms with Gasteiger partial charge < -0.3 is 19.7 Å². The number of rotatable bonds is 6. The molecule has 0 saturated carbocycles. The van der Waals surface area contributed by atoms with E-state index in [4.69, 9.17) is 32.8 Å². The Kier molecular flexibility index (Phi) is 11.7. The van der Waals surface area contributed by atoms with Crippen LogP contribution >= 0.6 is 23.2 Å². The van der Waals surface area contributed by atoms with Crippen molar-refractivity contribution in [3.05, 3.63) is 54.5 Å². The molecule has 1 atom stereocenters. The summed E-state index contributed by atoms with van der Waals surface area (Å²) in [6, 6.07) is 0. The van der Waals surface area contributed by atoms with Crippen molar-refractivity contribution in [3.8, 4) is 0 Å². The minimum Gasteiger partial charge on any atom is -0.511 e. The molecule has 1 saturated heterocycles. The number of aliphatic hydroxyl groups excluding tert-OH is 1. The third kappa shape index (κ3) is 8.32. The van der Waals surface area contributed by atoms with Crippen LogP contribution in [0.2, 0.25) is 5.02 Å². The first-order chi connectivity index (χ1) is 17.4. The Morgan fingerprint density at radius 2 is 1.86 bits per heavy atom. The molecule has 37 heavy (non-hydrogen) atoms. The summed E-state index contributed by atoms with van der Waals surface area (Å²) < 4.78 is 6.49. The van der Waals surface area contributed by atoms with Crippen LogP contribution in [0, 0.1) is 18.8 Å². The number of aromatic nitrogens is 2. The van der Waals surface area contributed by atoms with Gasteiger partial charge in [0.2, 0.25) is 0 Å². The molecule has 1 unspecified atom stereocenters. The summed E-state index contributed by atoms with van der Waals surface area (Å²) in [5.74, 6) is 0.758. The van der Waals surface area contributed by atoms with Crippen LogP contribution in [0.3, 0.4) is 0 Å². The number of hydrogen-bond donors (Lipinski definition) is 2. The van der Waals surface area contributed by atoms with Gasteiger partial charge in [-0.2, -0.15) is 0 Å². The molecule has 0 amide bonds. The van der Waals surface area contributed by atoms with E-state index in [0.29, 0.717) is 42.2 Å². The number of H-pyrrole nitrogens is 1. The van der Waals surface area contributed by atoms with Crippen LogP contribution in [0.5, 0.6) is 0 Å². The molecular formula is C26H37Cl2N3O6. The first kappa shape index (κ1) is 30.9. The van der Waals surface area contributed by atoms with E-state index in [-0.39, 0.29) is 29.1 Å². The Balaban J connectivity index is 0.000000294. The third-order valence-electron chi connectivity index (χ3n) is 6.35. The zero-order valence-corrected chi connectivity index (χ0v) is 23.6. The maximum atomic E-state index is 12.5. The van der Waals surface area contributed by atoms with Gasteiger partial charge in [-0.05, 0) is 64.9 Å². The van der Waals surface area contributed by atoms with Gasteiger partial charge in [-0.3, -0.25) is 14.2 Å². The Bertz CT molecular complexity index is 1150. The van der Waals surface area contributed by atoms with Crippen LogP contribution in [-0.2, 0) is 19.9 Å². The highest BCUT2D eigenvalue weighted by atomic mass is 35.5. The lowest BCUT2D eigenvalue weighted by molar-refractivity contribution is -0.117. The summed E-state index contributed by atoms with van der Waals surface area (Å²) in [4.78, 5) is 43.4. The number of carbonyl (C=O) groups is 1. The first-order valence-electron chi connectivity index (χ1n) is 12.4. The van der Waals surface area contributed by atoms with Gasteiger partial charge in [0.05, 0.1) is 11.3 Å². The van der Waals surface area contributed by atoms with Crippen molar-refractivity contribution in [1.82, 2.24) is 9.55 Å². The van der Waals surface area contributed by atoms with Crippen molar-refractivity contribution in [2.75, 3.05) is 19.8 Å². The molecule has 1 aromatic rings. The van der Waals surface area contributed by atoms with E-state index < -0.39 is 16.8 Å². The average Bonchev–Trinajstić information content (AvgIpc) is 2.83. The van der Waals surface area contributed by atoms with E-state index in [9.17, 15) is 19.5 Å². The lowest BCUT2D eigenvalue weighted by atomic mass is 9.75. The molecule has 1 aromatic heterocycles. The number of nitrogens with one attached hydrogen (secondary N) is 1. The molecule has 9 nitrogen and oxygen atoms in total. The van der Waals surface area contributed by atoms with Gasteiger partial charge >= 0.3 is 5.69 Å². The number of ketones is 1. The van der Waals surface area contributed by atoms with Crippen LogP contribution in [-0.4, -0.2) is 46.0 Å². The first-order valence-corrected chi connectivity index (χ1v) is 13.2. The molecule has 1 aliphatic carbocycles. The monoisotopic (exact) mass is 557 g/mol. The second kappa shape index (κ2) is 14.0. The number of allylic oxidation sites excluding steroid dienone is 2. The zero-order chi connectivity index (χ0) is 27.8. The maximum Gasteiger partial charge on any atom is 0.329 e. The van der Waals surface area contributed by atoms with Crippen LogP contribution in [0.15, 0.2) is 37.7 Å². The zero-order valence-electron chi connectivity index (χ0n) is 22.1. The fraction of sp³-hybridized carbons (Fsp3) is 0.615. The molecule has 0 radical (unpaired) electrons. The van der Waals surface area contributed by atoms with E-state index in [1.807, 2.05) is 6.92 Å². The van der Waals surface area contributed by atoms with Crippen molar-refractivity contribution < 1.29 is 19.5 Å². The smallest absolute Gasteiger partial charge is 0.329 e. The second-order valence-corrected chi connectivity index (χ2v) is 10.7. The normalized spacial score (nSPS) is 19.7. The van der Waals surface area contributed by atoms with Crippen molar-refractivity contribution in [3.63, 3.8) is 0 Å². The molecule has 1 fully saturated rings. The van der Waals surface area contributed by atoms with E-state index in [2.05, 4.69) is 10.1 Å². The van der Waals surface area contributed by atoms with Crippen LogP contribution < -0.4 is 11.2 Å². The number of aromatic amines is 1. The number of Topliss-reactive ketones (excluding diaryl/α,β-unsaturated/α-hetero) is 1. The highest BCUT2D eigenvalue weighted by molar-refractivity contribution is 6.31. The van der Waals surface area contributed by atoms with E-state index >= 15 is 0 Å². The molecular weight excluding hydrogens is 521 g/mol. The third-order valence-corrected chi connectivity index (χ3v) is 6.97. The Hall–Kier alpha value is -2.36. The van der Waals surface area contributed by atoms with Gasteiger partial charge in [0.1, 0.15) is 17.4 Å². The second-order valence-electron chi connectivity index (χ2n) is 10.1. The van der Waals surface area contributed by atoms with E-state index in [0.717, 1.165) is 30.6 Å². The van der Waals surface area contributed by atoms with Gasteiger partial charge in [-0.15, -0.1) is 0 Å². The molecule has 0 spiro atoms. The summed E-state index contributed by atoms with van der Waals surface area (Å²) in [5, 5.41) is 14.5. The number of oxime groups is 1. The van der Waals surface area contributed by atoms with Crippen LogP contribution in [0.25, 0.3) is 0 Å². The molecule has 2 heterocycles. The summed E-state index contributed by atoms with van der Waals surface area (Å²) in [6.07, 6.45) is 5.05. The number of nitrogens with zero attached hydrogens (tertiary/aromatic N) is 2. The standard InChI is InChI=1S/C17H24ClNO4.C9H13ClN2O2/c1-2-14(19-23-7-3-6-18)17-15(20)10-13(11-16(17)21)12-4-8-22-9-5-12;1-5-6(10)7(13)12(8(14)11-5)9(2,3)4/h3,6,12-13,20H,2,4-5,7-11H2,1H3;1-4H3,(H,11,14). The van der Waals surface area contributed by atoms with Crippen molar-refractivity contribution in [1.29, 1.82) is 0 Å². The number of carbonyl (C=O) groups excluding carboxylic acids is 1. The number of hydrogen-bond acceptors (Lipinski definition) is 7. The minimum atomic E-state index is -0.567. The Labute approximate surface area is 227 Å². The van der Waals surface area contributed by atoms with Gasteiger partial charge in [0.15, 0.2) is 5.78 Å². The van der Waals surface area contributed by atoms with Gasteiger partial charge in [-0.25, -0.2) is 4.79 Å². The topological polar surface area (TPSA) is 123 Å². The largest absolute Gasteiger partial charge is 0.511 e. The maximum absolute atomic E-state index is 12.5. The number of halogens is 2. The summed E-state index contributed by atoms with van der Waals surface area (Å²) in [7, 11) is 0. The molecule has 11 heteroatoms. The minimum absolute atomic E-state index is 0.0395. The molecule has 206 valence electrons. The number of aliphatic hydroxyl groups is 1. The Morgan fingerprint density at radius 3 is 2.41 bits per heavy atom. The summed E-state index contributed by atoms with van der Waals surface area (Å²) in [6.45, 7) is 10.5. The van der Waals surface area contributed by atoms with Crippen LogP contribution in [0.4, 0.5) is 0 Å². The fourth-order valence-electron chi connectivity index (χ4n) is 4.48. The van der Waals surface area contributed by atoms with E-state index in [1.165, 1.54) is 5.54 Å². The lowest BCUT2D eigenvalue weighted by Gasteiger charge is -2.32. The fourth-order valence-corrected chi connectivity index (χ4v) is 4.69. The SMILES string of the molecule is CCC(=NOCC=CCl)C1=C(O)CC(C2CCOCC2)CC1=O.Cc1[nH]c(=O)n(C(C)(C)C)c(=O)c1Cl. The van der Waals surface area contributed by atoms with Gasteiger partial charge in [0, 0.05) is 42.8 Å². The highest BCUT2D eigenvalue weighted by Gasteiger charge is 2.35. The molecule has 0 bridgehead atoms. The predicted molar refractivity (Wildman–Crippen MR) is 146 cm³/mol. The number of ether oxygens (including phenoxy) is 1. The predicted octanol–water partition coefficient (Wildman–Crippen LogP) is 4.99. The average molecular weight is 559 g/mol. The van der Waals surface area contributed by atoms with Crippen molar-refractivity contribution in [2.45, 2.75) is 72.3 Å². The Morgan fingerprint density at radius 1 is 1.22 bits per heavy atom.